The van der Waals surface area contributed by atoms with Gasteiger partial charge in [0.05, 0.1) is 17.5 Å². The Hall–Kier alpha value is -1.75. The maximum absolute atomic E-state index is 11.2. The van der Waals surface area contributed by atoms with Crippen LogP contribution in [0.5, 0.6) is 0 Å². The molecule has 0 radical (unpaired) electrons. The lowest BCUT2D eigenvalue weighted by Crippen LogP contribution is -2.51. The Bertz CT molecular complexity index is 1000. The van der Waals surface area contributed by atoms with Gasteiger partial charge in [-0.3, -0.25) is 4.79 Å². The van der Waals surface area contributed by atoms with E-state index in [-0.39, 0.29) is 22.8 Å². The lowest BCUT2D eigenvalue weighted by atomic mass is 9.47. The molecule has 5 nitrogen and oxygen atoms in total. The molecule has 5 heteroatoms. The van der Waals surface area contributed by atoms with Gasteiger partial charge in [-0.25, -0.2) is 0 Å². The largest absolute Gasteiger partial charge is 0.393 e. The Morgan fingerprint density at radius 3 is 2.71 bits per heavy atom. The molecule has 0 aromatic carbocycles. The lowest BCUT2D eigenvalue weighted by molar-refractivity contribution is -0.119. The summed E-state index contributed by atoms with van der Waals surface area (Å²) in [5, 5.41) is 22.8. The van der Waals surface area contributed by atoms with Crippen LogP contribution in [0.15, 0.2) is 11.6 Å². The Kier molecular flexibility index (Phi) is 6.15. The zero-order chi connectivity index (χ0) is 24.3. The first-order valence-corrected chi connectivity index (χ1v) is 13.6. The predicted octanol–water partition coefficient (Wildman–Crippen LogP) is 4.83. The minimum absolute atomic E-state index is 0.0397. The third kappa shape index (κ3) is 3.83. The third-order valence-corrected chi connectivity index (χ3v) is 10.4. The van der Waals surface area contributed by atoms with Crippen LogP contribution in [0.1, 0.15) is 95.2 Å². The van der Waals surface area contributed by atoms with E-state index >= 15 is 0 Å². The first kappa shape index (κ1) is 24.0. The highest BCUT2D eigenvalue weighted by Gasteiger charge is 2.58. The van der Waals surface area contributed by atoms with Gasteiger partial charge in [0, 0.05) is 13.5 Å². The second-order valence-corrected chi connectivity index (χ2v) is 12.5. The predicted molar refractivity (Wildman–Crippen MR) is 134 cm³/mol. The minimum atomic E-state index is -0.141. The summed E-state index contributed by atoms with van der Waals surface area (Å²) in [6.45, 7) is 11.8. The van der Waals surface area contributed by atoms with Crippen LogP contribution in [0.3, 0.4) is 0 Å². The zero-order valence-electron chi connectivity index (χ0n) is 21.8. The number of allylic oxidation sites excluding steroid dienone is 1. The number of hydrogen-bond acceptors (Lipinski definition) is 4. The van der Waals surface area contributed by atoms with E-state index in [9.17, 15) is 9.90 Å². The minimum Gasteiger partial charge on any atom is -0.393 e. The van der Waals surface area contributed by atoms with Gasteiger partial charge in [0.2, 0.25) is 5.91 Å². The third-order valence-electron chi connectivity index (χ3n) is 10.4. The summed E-state index contributed by atoms with van der Waals surface area (Å²) >= 11 is 0. The Morgan fingerprint density at radius 2 is 1.94 bits per heavy atom. The summed E-state index contributed by atoms with van der Waals surface area (Å²) < 4.78 is 0. The molecular formula is C29H43N3O2. The summed E-state index contributed by atoms with van der Waals surface area (Å²) in [6, 6.07) is 0. The van der Waals surface area contributed by atoms with Crippen molar-refractivity contribution < 1.29 is 9.90 Å². The topological polar surface area (TPSA) is 75.1 Å². The molecule has 4 aliphatic carbocycles. The van der Waals surface area contributed by atoms with E-state index < -0.39 is 0 Å². The number of hydrogen-bond donors (Lipinski definition) is 2. The fourth-order valence-corrected chi connectivity index (χ4v) is 8.41. The van der Waals surface area contributed by atoms with E-state index in [0.29, 0.717) is 17.8 Å². The van der Waals surface area contributed by atoms with Crippen molar-refractivity contribution in [3.05, 3.63) is 34.2 Å². The van der Waals surface area contributed by atoms with Crippen molar-refractivity contribution in [2.24, 2.45) is 29.1 Å². The van der Waals surface area contributed by atoms with Gasteiger partial charge < -0.3 is 10.4 Å². The standard InChI is InChI=1S/C29H43N3O2/c1-17(16-30-19(3)33)6-9-25-18(2)27-26(32-31-25)15-24-22-8-7-20-14-21(34)10-12-28(20,4)23(22)11-13-29(24,27)5/h7,17,21-24,34H,6,8-16H2,1-5H3,(H,30,33)/t17-,21-,22-,23+,24-,28-,29-/m0/s1. The summed E-state index contributed by atoms with van der Waals surface area (Å²) in [5.41, 5.74) is 7.29. The van der Waals surface area contributed by atoms with E-state index in [2.05, 4.69) is 39.1 Å². The van der Waals surface area contributed by atoms with Crippen LogP contribution in [0.2, 0.25) is 0 Å². The van der Waals surface area contributed by atoms with E-state index in [0.717, 1.165) is 63.1 Å². The molecule has 0 unspecified atom stereocenters. The first-order valence-electron chi connectivity index (χ1n) is 13.6. The van der Waals surface area contributed by atoms with Gasteiger partial charge in [-0.2, -0.15) is 10.2 Å². The Morgan fingerprint density at radius 1 is 1.18 bits per heavy atom. The van der Waals surface area contributed by atoms with E-state index in [4.69, 9.17) is 10.2 Å². The molecule has 0 bridgehead atoms. The molecule has 186 valence electrons. The molecule has 1 aromatic heterocycles. The van der Waals surface area contributed by atoms with Crippen LogP contribution in [-0.4, -0.2) is 33.9 Å². The van der Waals surface area contributed by atoms with Gasteiger partial charge in [0.25, 0.3) is 0 Å². The number of fused-ring (bicyclic) bond motifs is 7. The molecule has 0 spiro atoms. The van der Waals surface area contributed by atoms with Crippen molar-refractivity contribution in [2.45, 2.75) is 104 Å². The fraction of sp³-hybridized carbons (Fsp3) is 0.759. The zero-order valence-corrected chi connectivity index (χ0v) is 21.8. The second-order valence-electron chi connectivity index (χ2n) is 12.5. The molecule has 2 N–H and O–H groups in total. The molecule has 1 amide bonds. The average molecular weight is 466 g/mol. The van der Waals surface area contributed by atoms with Crippen LogP contribution in [0.25, 0.3) is 0 Å². The Labute approximate surface area is 205 Å². The molecular weight excluding hydrogens is 422 g/mol. The number of carbonyl (C=O) groups excluding carboxylic acids is 1. The summed E-state index contributed by atoms with van der Waals surface area (Å²) in [5.74, 6) is 2.55. The number of rotatable bonds is 5. The number of aliphatic hydroxyl groups excluding tert-OH is 1. The number of amides is 1. The molecule has 2 saturated carbocycles. The van der Waals surface area contributed by atoms with Gasteiger partial charge in [0.15, 0.2) is 0 Å². The van der Waals surface area contributed by atoms with Crippen molar-refractivity contribution in [3.63, 3.8) is 0 Å². The molecule has 34 heavy (non-hydrogen) atoms. The quantitative estimate of drug-likeness (QED) is 0.611. The van der Waals surface area contributed by atoms with Gasteiger partial charge in [-0.05, 0) is 110 Å². The summed E-state index contributed by atoms with van der Waals surface area (Å²) in [4.78, 5) is 11.2. The molecule has 1 aromatic rings. The number of aromatic nitrogens is 2. The van der Waals surface area contributed by atoms with Crippen LogP contribution in [0, 0.1) is 36.0 Å². The first-order chi connectivity index (χ1) is 16.1. The monoisotopic (exact) mass is 465 g/mol. The molecule has 1 heterocycles. The molecule has 2 fully saturated rings. The molecule has 0 aliphatic heterocycles. The summed E-state index contributed by atoms with van der Waals surface area (Å²) in [6.07, 6.45) is 12.0. The van der Waals surface area contributed by atoms with Gasteiger partial charge in [-0.1, -0.05) is 32.4 Å². The normalized spacial score (nSPS) is 37.1. The maximum atomic E-state index is 11.2. The molecule has 0 saturated heterocycles. The maximum Gasteiger partial charge on any atom is 0.216 e. The molecule has 7 atom stereocenters. The smallest absolute Gasteiger partial charge is 0.216 e. The highest BCUT2D eigenvalue weighted by Crippen LogP contribution is 2.64. The van der Waals surface area contributed by atoms with Crippen molar-refractivity contribution in [1.82, 2.24) is 15.5 Å². The number of aliphatic hydroxyl groups is 1. The lowest BCUT2D eigenvalue weighted by Gasteiger charge is -2.57. The van der Waals surface area contributed by atoms with Gasteiger partial charge in [0.1, 0.15) is 0 Å². The van der Waals surface area contributed by atoms with Gasteiger partial charge >= 0.3 is 0 Å². The van der Waals surface area contributed by atoms with Crippen LogP contribution >= 0.6 is 0 Å². The van der Waals surface area contributed by atoms with Crippen molar-refractivity contribution in [3.8, 4) is 0 Å². The fourth-order valence-electron chi connectivity index (χ4n) is 8.41. The van der Waals surface area contributed by atoms with Crippen molar-refractivity contribution in [2.75, 3.05) is 6.54 Å². The SMILES string of the molecule is CC(=O)NC[C@@H](C)CCc1nnc2c(c1C)[C@@]1(C)CC[C@@H]3[C@H](CC=C4C[C@@H](O)CC[C@@]43C)[C@@H]1C2. The van der Waals surface area contributed by atoms with E-state index in [1.807, 2.05) is 0 Å². The van der Waals surface area contributed by atoms with Crippen LogP contribution in [0.4, 0.5) is 0 Å². The van der Waals surface area contributed by atoms with Gasteiger partial charge in [-0.15, -0.1) is 0 Å². The van der Waals surface area contributed by atoms with Crippen molar-refractivity contribution >= 4 is 5.91 Å². The highest BCUT2D eigenvalue weighted by atomic mass is 16.3. The number of aryl methyl sites for hydroxylation is 1. The number of nitrogens with one attached hydrogen (secondary N) is 1. The van der Waals surface area contributed by atoms with Crippen molar-refractivity contribution in [1.29, 1.82) is 0 Å². The van der Waals surface area contributed by atoms with Crippen LogP contribution < -0.4 is 5.32 Å². The molecule has 5 rings (SSSR count). The number of carbonyl (C=O) groups is 1. The van der Waals surface area contributed by atoms with Crippen LogP contribution in [-0.2, 0) is 23.1 Å². The number of nitrogens with zero attached hydrogens (tertiary/aromatic N) is 2. The summed E-state index contributed by atoms with van der Waals surface area (Å²) in [7, 11) is 0. The average Bonchev–Trinajstić information content (AvgIpc) is 3.11. The van der Waals surface area contributed by atoms with E-state index in [1.54, 1.807) is 12.5 Å². The second kappa shape index (κ2) is 8.72. The Balaban J connectivity index is 1.37. The highest BCUT2D eigenvalue weighted by molar-refractivity contribution is 5.72. The van der Waals surface area contributed by atoms with E-state index in [1.165, 1.54) is 29.7 Å². The molecule has 4 aliphatic rings.